The van der Waals surface area contributed by atoms with Gasteiger partial charge in [-0.2, -0.15) is 11.8 Å². The highest BCUT2D eigenvalue weighted by molar-refractivity contribution is 7.98. The van der Waals surface area contributed by atoms with Crippen LogP contribution in [0.3, 0.4) is 0 Å². The molecule has 0 amide bonds. The molecule has 2 aromatic rings. The second kappa shape index (κ2) is 5.20. The number of H-pyrrole nitrogens is 1. The van der Waals surface area contributed by atoms with E-state index in [0.717, 1.165) is 40.7 Å². The number of nitrogens with two attached hydrogens (primary N) is 1. The van der Waals surface area contributed by atoms with Crippen molar-refractivity contribution < 1.29 is 4.74 Å². The lowest BCUT2D eigenvalue weighted by atomic mass is 10.3. The number of nitrogens with zero attached hydrogens (tertiary/aromatic N) is 1. The molecule has 0 spiro atoms. The van der Waals surface area contributed by atoms with Gasteiger partial charge in [0.15, 0.2) is 0 Å². The molecule has 96 valence electrons. The van der Waals surface area contributed by atoms with Crippen LogP contribution >= 0.6 is 11.8 Å². The summed E-state index contributed by atoms with van der Waals surface area (Å²) in [7, 11) is 0. The second-order valence-electron chi connectivity index (χ2n) is 4.61. The number of nitrogen functional groups attached to an aromatic ring is 1. The van der Waals surface area contributed by atoms with E-state index in [9.17, 15) is 0 Å². The molecule has 1 aromatic carbocycles. The Morgan fingerprint density at radius 2 is 2.44 bits per heavy atom. The van der Waals surface area contributed by atoms with E-state index in [1.807, 2.05) is 30.0 Å². The molecular weight excluding hydrogens is 246 g/mol. The summed E-state index contributed by atoms with van der Waals surface area (Å²) in [5, 5.41) is 0. The van der Waals surface area contributed by atoms with Crippen LogP contribution in [0.1, 0.15) is 18.7 Å². The van der Waals surface area contributed by atoms with Crippen molar-refractivity contribution in [2.45, 2.75) is 24.7 Å². The molecule has 1 aliphatic rings. The monoisotopic (exact) mass is 263 g/mol. The zero-order valence-corrected chi connectivity index (χ0v) is 11.0. The standard InChI is InChI=1S/C13H17N3OS/c14-9-3-4-11-12(6-9)16-13(15-11)8-18-7-10-2-1-5-17-10/h3-4,6,10H,1-2,5,7-8,14H2,(H,15,16). The van der Waals surface area contributed by atoms with Gasteiger partial charge in [-0.15, -0.1) is 0 Å². The summed E-state index contributed by atoms with van der Waals surface area (Å²) in [5.41, 5.74) is 8.51. The van der Waals surface area contributed by atoms with Gasteiger partial charge in [0.1, 0.15) is 5.82 Å². The van der Waals surface area contributed by atoms with Crippen molar-refractivity contribution in [2.24, 2.45) is 0 Å². The van der Waals surface area contributed by atoms with Crippen LogP contribution in [-0.4, -0.2) is 28.4 Å². The Bertz CT molecular complexity index is 534. The van der Waals surface area contributed by atoms with E-state index < -0.39 is 0 Å². The molecule has 3 rings (SSSR count). The maximum absolute atomic E-state index is 5.75. The molecule has 1 aromatic heterocycles. The van der Waals surface area contributed by atoms with Crippen LogP contribution in [-0.2, 0) is 10.5 Å². The number of aromatic nitrogens is 2. The average Bonchev–Trinajstić information content (AvgIpc) is 2.97. The van der Waals surface area contributed by atoms with E-state index in [2.05, 4.69) is 9.97 Å². The fraction of sp³-hybridized carbons (Fsp3) is 0.462. The molecule has 1 fully saturated rings. The van der Waals surface area contributed by atoms with E-state index in [4.69, 9.17) is 10.5 Å². The fourth-order valence-corrected chi connectivity index (χ4v) is 3.18. The number of rotatable bonds is 4. The lowest BCUT2D eigenvalue weighted by molar-refractivity contribution is 0.129. The Hall–Kier alpha value is -1.20. The second-order valence-corrected chi connectivity index (χ2v) is 5.64. The largest absolute Gasteiger partial charge is 0.399 e. The van der Waals surface area contributed by atoms with Gasteiger partial charge in [0.2, 0.25) is 0 Å². The molecule has 0 aliphatic carbocycles. The molecule has 3 N–H and O–H groups in total. The molecule has 1 atom stereocenters. The van der Waals surface area contributed by atoms with Gasteiger partial charge < -0.3 is 15.5 Å². The van der Waals surface area contributed by atoms with Crippen LogP contribution in [0.2, 0.25) is 0 Å². The molecule has 1 aliphatic heterocycles. The predicted molar refractivity (Wildman–Crippen MR) is 75.6 cm³/mol. The van der Waals surface area contributed by atoms with Crippen molar-refractivity contribution in [1.29, 1.82) is 0 Å². The number of hydrogen-bond donors (Lipinski definition) is 2. The van der Waals surface area contributed by atoms with Crippen molar-refractivity contribution in [1.82, 2.24) is 9.97 Å². The minimum absolute atomic E-state index is 0.440. The van der Waals surface area contributed by atoms with Crippen LogP contribution in [0.5, 0.6) is 0 Å². The third-order valence-electron chi connectivity index (χ3n) is 3.12. The van der Waals surface area contributed by atoms with Crippen molar-refractivity contribution in [3.63, 3.8) is 0 Å². The maximum Gasteiger partial charge on any atom is 0.117 e. The highest BCUT2D eigenvalue weighted by Gasteiger charge is 2.15. The quantitative estimate of drug-likeness (QED) is 0.832. The zero-order valence-electron chi connectivity index (χ0n) is 10.2. The number of imidazole rings is 1. The van der Waals surface area contributed by atoms with E-state index in [-0.39, 0.29) is 0 Å². The van der Waals surface area contributed by atoms with Gasteiger partial charge in [0, 0.05) is 18.0 Å². The van der Waals surface area contributed by atoms with Gasteiger partial charge in [-0.05, 0) is 31.0 Å². The van der Waals surface area contributed by atoms with Crippen LogP contribution in [0, 0.1) is 0 Å². The molecule has 0 radical (unpaired) electrons. The normalized spacial score (nSPS) is 19.7. The first kappa shape index (κ1) is 11.9. The molecular formula is C13H17N3OS. The van der Waals surface area contributed by atoms with Gasteiger partial charge >= 0.3 is 0 Å². The summed E-state index contributed by atoms with van der Waals surface area (Å²) >= 11 is 1.87. The Balaban J connectivity index is 1.60. The smallest absolute Gasteiger partial charge is 0.117 e. The van der Waals surface area contributed by atoms with E-state index >= 15 is 0 Å². The van der Waals surface area contributed by atoms with Gasteiger partial charge in [0.05, 0.1) is 22.9 Å². The molecule has 5 heteroatoms. The summed E-state index contributed by atoms with van der Waals surface area (Å²) in [4.78, 5) is 7.85. The molecule has 1 unspecified atom stereocenters. The molecule has 18 heavy (non-hydrogen) atoms. The molecule has 1 saturated heterocycles. The Morgan fingerprint density at radius 3 is 3.28 bits per heavy atom. The summed E-state index contributed by atoms with van der Waals surface area (Å²) in [5.74, 6) is 2.96. The fourth-order valence-electron chi connectivity index (χ4n) is 2.21. The van der Waals surface area contributed by atoms with E-state index in [0.29, 0.717) is 6.10 Å². The van der Waals surface area contributed by atoms with E-state index in [1.54, 1.807) is 0 Å². The molecule has 0 saturated carbocycles. The summed E-state index contributed by atoms with van der Waals surface area (Å²) < 4.78 is 5.60. The maximum atomic E-state index is 5.75. The third-order valence-corrected chi connectivity index (χ3v) is 4.21. The van der Waals surface area contributed by atoms with Crippen molar-refractivity contribution in [2.75, 3.05) is 18.1 Å². The summed E-state index contributed by atoms with van der Waals surface area (Å²) in [6.45, 7) is 0.926. The van der Waals surface area contributed by atoms with Crippen LogP contribution in [0.4, 0.5) is 5.69 Å². The highest BCUT2D eigenvalue weighted by Crippen LogP contribution is 2.21. The van der Waals surface area contributed by atoms with Gasteiger partial charge in [-0.25, -0.2) is 4.98 Å². The van der Waals surface area contributed by atoms with Gasteiger partial charge in [0.25, 0.3) is 0 Å². The Kier molecular flexibility index (Phi) is 3.43. The predicted octanol–water partition coefficient (Wildman–Crippen LogP) is 2.56. The lowest BCUT2D eigenvalue weighted by Crippen LogP contribution is -2.08. The van der Waals surface area contributed by atoms with Crippen LogP contribution in [0.15, 0.2) is 18.2 Å². The van der Waals surface area contributed by atoms with Crippen molar-refractivity contribution in [3.05, 3.63) is 24.0 Å². The summed E-state index contributed by atoms with van der Waals surface area (Å²) in [6, 6.07) is 5.76. The zero-order chi connectivity index (χ0) is 12.4. The highest BCUT2D eigenvalue weighted by atomic mass is 32.2. The van der Waals surface area contributed by atoms with Crippen molar-refractivity contribution >= 4 is 28.5 Å². The third kappa shape index (κ3) is 2.62. The number of nitrogens with one attached hydrogen (secondary N) is 1. The number of hydrogen-bond acceptors (Lipinski definition) is 4. The van der Waals surface area contributed by atoms with Crippen molar-refractivity contribution in [3.8, 4) is 0 Å². The van der Waals surface area contributed by atoms with Gasteiger partial charge in [-0.3, -0.25) is 0 Å². The Labute approximate surface area is 110 Å². The number of aromatic amines is 1. The molecule has 2 heterocycles. The minimum atomic E-state index is 0.440. The van der Waals surface area contributed by atoms with E-state index in [1.165, 1.54) is 12.8 Å². The average molecular weight is 263 g/mol. The first-order valence-corrected chi connectivity index (χ1v) is 7.40. The topological polar surface area (TPSA) is 63.9 Å². The van der Waals surface area contributed by atoms with Gasteiger partial charge in [-0.1, -0.05) is 0 Å². The number of fused-ring (bicyclic) bond motifs is 1. The minimum Gasteiger partial charge on any atom is -0.399 e. The Morgan fingerprint density at radius 1 is 1.50 bits per heavy atom. The number of anilines is 1. The first-order valence-electron chi connectivity index (χ1n) is 6.25. The summed E-state index contributed by atoms with van der Waals surface area (Å²) in [6.07, 6.45) is 2.84. The molecule has 4 nitrogen and oxygen atoms in total. The number of benzene rings is 1. The van der Waals surface area contributed by atoms with Crippen LogP contribution < -0.4 is 5.73 Å². The number of ether oxygens (including phenoxy) is 1. The van der Waals surface area contributed by atoms with Crippen LogP contribution in [0.25, 0.3) is 11.0 Å². The first-order chi connectivity index (χ1) is 8.81. The lowest BCUT2D eigenvalue weighted by Gasteiger charge is -2.07. The molecule has 0 bridgehead atoms. The SMILES string of the molecule is Nc1ccc2nc(CSCC3CCCO3)[nH]c2c1. The number of thioether (sulfide) groups is 1.